The highest BCUT2D eigenvalue weighted by Crippen LogP contribution is 2.34. The highest BCUT2D eigenvalue weighted by molar-refractivity contribution is 6.03. The van der Waals surface area contributed by atoms with Crippen LogP contribution in [0.3, 0.4) is 0 Å². The van der Waals surface area contributed by atoms with Crippen LogP contribution in [0, 0.1) is 13.8 Å². The van der Waals surface area contributed by atoms with Gasteiger partial charge in [-0.3, -0.25) is 9.69 Å². The standard InChI is InChI=1S/C26H31N3O3/c1-19-8-9-22(16-20(19)2)23-17-24(21-6-4-3-5-7-21)29(27-23)25(30)18-28-12-10-26(11-13-28)31-14-15-32-26/h3-9,16,24H,10-15,17-18H2,1-2H3. The number of ether oxygens (including phenoxy) is 2. The molecule has 1 atom stereocenters. The van der Waals surface area contributed by atoms with Gasteiger partial charge in [0, 0.05) is 32.4 Å². The SMILES string of the molecule is Cc1ccc(C2=NN(C(=O)CN3CCC4(CC3)OCCO4)C(c3ccccc3)C2)cc1C. The summed E-state index contributed by atoms with van der Waals surface area (Å²) < 4.78 is 11.6. The fourth-order valence-corrected chi connectivity index (χ4v) is 4.87. The van der Waals surface area contributed by atoms with Gasteiger partial charge in [-0.1, -0.05) is 42.5 Å². The number of carbonyl (C=O) groups is 1. The van der Waals surface area contributed by atoms with Gasteiger partial charge in [0.1, 0.15) is 0 Å². The predicted molar refractivity (Wildman–Crippen MR) is 123 cm³/mol. The number of likely N-dealkylation sites (tertiary alicyclic amines) is 1. The summed E-state index contributed by atoms with van der Waals surface area (Å²) in [4.78, 5) is 15.6. The molecule has 0 bridgehead atoms. The van der Waals surface area contributed by atoms with Crippen LogP contribution in [-0.4, -0.2) is 60.2 Å². The number of carbonyl (C=O) groups excluding carboxylic acids is 1. The van der Waals surface area contributed by atoms with Crippen LogP contribution in [0.1, 0.15) is 47.6 Å². The van der Waals surface area contributed by atoms with Crippen LogP contribution in [0.15, 0.2) is 53.6 Å². The summed E-state index contributed by atoms with van der Waals surface area (Å²) in [5, 5.41) is 6.56. The number of nitrogens with zero attached hydrogens (tertiary/aromatic N) is 3. The number of benzene rings is 2. The second-order valence-electron chi connectivity index (χ2n) is 9.10. The molecule has 2 fully saturated rings. The van der Waals surface area contributed by atoms with Crippen molar-refractivity contribution < 1.29 is 14.3 Å². The average Bonchev–Trinajstić information content (AvgIpc) is 3.46. The molecule has 6 heteroatoms. The number of hydrogen-bond donors (Lipinski definition) is 0. The lowest BCUT2D eigenvalue weighted by Gasteiger charge is -2.37. The smallest absolute Gasteiger partial charge is 0.257 e. The van der Waals surface area contributed by atoms with Gasteiger partial charge in [-0.05, 0) is 42.2 Å². The molecule has 0 saturated carbocycles. The van der Waals surface area contributed by atoms with Crippen molar-refractivity contribution in [2.75, 3.05) is 32.8 Å². The summed E-state index contributed by atoms with van der Waals surface area (Å²) in [6.07, 6.45) is 2.34. The van der Waals surface area contributed by atoms with E-state index in [0.717, 1.165) is 49.2 Å². The van der Waals surface area contributed by atoms with Crippen LogP contribution in [-0.2, 0) is 14.3 Å². The Labute approximate surface area is 189 Å². The number of aryl methyl sites for hydroxylation is 2. The van der Waals surface area contributed by atoms with Crippen LogP contribution in [0.25, 0.3) is 0 Å². The first-order valence-electron chi connectivity index (χ1n) is 11.6. The zero-order valence-electron chi connectivity index (χ0n) is 18.9. The Balaban J connectivity index is 1.34. The fraction of sp³-hybridized carbons (Fsp3) is 0.462. The molecule has 3 heterocycles. The first kappa shape index (κ1) is 21.3. The third-order valence-corrected chi connectivity index (χ3v) is 6.98. The summed E-state index contributed by atoms with van der Waals surface area (Å²) in [6.45, 7) is 7.52. The molecule has 1 spiro atoms. The van der Waals surface area contributed by atoms with Crippen molar-refractivity contribution >= 4 is 11.6 Å². The van der Waals surface area contributed by atoms with Crippen LogP contribution in [0.4, 0.5) is 0 Å². The third kappa shape index (κ3) is 4.22. The first-order valence-corrected chi connectivity index (χ1v) is 11.6. The van der Waals surface area contributed by atoms with Crippen LogP contribution < -0.4 is 0 Å². The molecule has 0 aliphatic carbocycles. The van der Waals surface area contributed by atoms with Gasteiger partial charge in [-0.25, -0.2) is 5.01 Å². The van der Waals surface area contributed by atoms with Gasteiger partial charge in [-0.15, -0.1) is 0 Å². The van der Waals surface area contributed by atoms with Gasteiger partial charge >= 0.3 is 0 Å². The second kappa shape index (κ2) is 8.77. The molecule has 0 N–H and O–H groups in total. The largest absolute Gasteiger partial charge is 0.347 e. The molecule has 1 amide bonds. The number of rotatable bonds is 4. The summed E-state index contributed by atoms with van der Waals surface area (Å²) in [5.74, 6) is -0.379. The van der Waals surface area contributed by atoms with Crippen molar-refractivity contribution in [2.45, 2.75) is 44.9 Å². The summed E-state index contributed by atoms with van der Waals surface area (Å²) >= 11 is 0. The van der Waals surface area contributed by atoms with Crippen molar-refractivity contribution in [3.8, 4) is 0 Å². The van der Waals surface area contributed by atoms with Gasteiger partial charge in [0.25, 0.3) is 5.91 Å². The molecule has 168 valence electrons. The number of hydrazone groups is 1. The quantitative estimate of drug-likeness (QED) is 0.736. The molecule has 5 rings (SSSR count). The van der Waals surface area contributed by atoms with Crippen LogP contribution in [0.2, 0.25) is 0 Å². The molecule has 2 aromatic carbocycles. The van der Waals surface area contributed by atoms with E-state index >= 15 is 0 Å². The molecule has 2 saturated heterocycles. The van der Waals surface area contributed by atoms with Crippen molar-refractivity contribution in [2.24, 2.45) is 5.10 Å². The minimum Gasteiger partial charge on any atom is -0.347 e. The van der Waals surface area contributed by atoms with Crippen molar-refractivity contribution in [3.63, 3.8) is 0 Å². The van der Waals surface area contributed by atoms with Gasteiger partial charge in [0.05, 0.1) is 31.5 Å². The molecule has 0 radical (unpaired) electrons. The molecule has 3 aliphatic rings. The van der Waals surface area contributed by atoms with Gasteiger partial charge in [-0.2, -0.15) is 5.10 Å². The number of amides is 1. The topological polar surface area (TPSA) is 54.4 Å². The second-order valence-corrected chi connectivity index (χ2v) is 9.10. The third-order valence-electron chi connectivity index (χ3n) is 6.98. The molecule has 32 heavy (non-hydrogen) atoms. The first-order chi connectivity index (χ1) is 15.5. The lowest BCUT2D eigenvalue weighted by molar-refractivity contribution is -0.186. The minimum absolute atomic E-state index is 0.0434. The normalized spacial score (nSPS) is 23.0. The van der Waals surface area contributed by atoms with Crippen molar-refractivity contribution in [3.05, 3.63) is 70.8 Å². The Kier molecular flexibility index (Phi) is 5.84. The number of hydrogen-bond acceptors (Lipinski definition) is 5. The maximum absolute atomic E-state index is 13.4. The molecular weight excluding hydrogens is 402 g/mol. The molecule has 2 aromatic rings. The van der Waals surface area contributed by atoms with Crippen LogP contribution in [0.5, 0.6) is 0 Å². The van der Waals surface area contributed by atoms with E-state index < -0.39 is 5.79 Å². The van der Waals surface area contributed by atoms with Gasteiger partial charge in [0.2, 0.25) is 0 Å². The molecule has 3 aliphatic heterocycles. The number of piperidine rings is 1. The Morgan fingerprint density at radius 3 is 2.44 bits per heavy atom. The maximum atomic E-state index is 13.4. The van der Waals surface area contributed by atoms with Gasteiger partial charge < -0.3 is 9.47 Å². The Morgan fingerprint density at radius 2 is 1.75 bits per heavy atom. The molecule has 6 nitrogen and oxygen atoms in total. The Morgan fingerprint density at radius 1 is 1.03 bits per heavy atom. The molecular formula is C26H31N3O3. The van der Waals surface area contributed by atoms with E-state index in [9.17, 15) is 4.79 Å². The lowest BCUT2D eigenvalue weighted by atomic mass is 9.96. The van der Waals surface area contributed by atoms with E-state index in [1.807, 2.05) is 18.2 Å². The van der Waals surface area contributed by atoms with Gasteiger partial charge in [0.15, 0.2) is 5.79 Å². The van der Waals surface area contributed by atoms with E-state index in [0.29, 0.717) is 19.8 Å². The van der Waals surface area contributed by atoms with E-state index in [1.165, 1.54) is 11.1 Å². The Hall–Kier alpha value is -2.54. The van der Waals surface area contributed by atoms with E-state index in [4.69, 9.17) is 14.6 Å². The van der Waals surface area contributed by atoms with Crippen LogP contribution >= 0.6 is 0 Å². The highest BCUT2D eigenvalue weighted by Gasteiger charge is 2.41. The fourth-order valence-electron chi connectivity index (χ4n) is 4.87. The van der Waals surface area contributed by atoms with Crippen molar-refractivity contribution in [1.29, 1.82) is 0 Å². The summed E-state index contributed by atoms with van der Waals surface area (Å²) in [7, 11) is 0. The van der Waals surface area contributed by atoms with E-state index in [-0.39, 0.29) is 11.9 Å². The molecule has 1 unspecified atom stereocenters. The predicted octanol–water partition coefficient (Wildman–Crippen LogP) is 3.82. The average molecular weight is 434 g/mol. The zero-order valence-corrected chi connectivity index (χ0v) is 18.9. The zero-order chi connectivity index (χ0) is 22.1. The Bertz CT molecular complexity index is 1000. The maximum Gasteiger partial charge on any atom is 0.257 e. The summed E-state index contributed by atoms with van der Waals surface area (Å²) in [6, 6.07) is 16.6. The van der Waals surface area contributed by atoms with E-state index in [2.05, 4.69) is 49.1 Å². The highest BCUT2D eigenvalue weighted by atomic mass is 16.7. The van der Waals surface area contributed by atoms with E-state index in [1.54, 1.807) is 5.01 Å². The lowest BCUT2D eigenvalue weighted by Crippen LogP contribution is -2.48. The molecule has 0 aromatic heterocycles. The minimum atomic E-state index is -0.422. The summed E-state index contributed by atoms with van der Waals surface area (Å²) in [5.41, 5.74) is 5.69. The monoisotopic (exact) mass is 433 g/mol. The van der Waals surface area contributed by atoms with Crippen molar-refractivity contribution in [1.82, 2.24) is 9.91 Å².